The molecule has 0 bridgehead atoms. The quantitative estimate of drug-likeness (QED) is 0.674. The second-order valence-corrected chi connectivity index (χ2v) is 5.36. The molecule has 0 radical (unpaired) electrons. The average Bonchev–Trinajstić information content (AvgIpc) is 2.39. The highest BCUT2D eigenvalue weighted by Gasteiger charge is 2.13. The number of nitrogen functional groups attached to an aromatic ring is 1. The van der Waals surface area contributed by atoms with Gasteiger partial charge in [-0.15, -0.1) is 0 Å². The van der Waals surface area contributed by atoms with Crippen molar-refractivity contribution in [3.05, 3.63) is 22.7 Å². The van der Waals surface area contributed by atoms with Gasteiger partial charge in [-0.05, 0) is 32.5 Å². The van der Waals surface area contributed by atoms with E-state index in [9.17, 15) is 4.79 Å². The van der Waals surface area contributed by atoms with Gasteiger partial charge in [-0.25, -0.2) is 0 Å². The van der Waals surface area contributed by atoms with Gasteiger partial charge in [-0.1, -0.05) is 18.5 Å². The summed E-state index contributed by atoms with van der Waals surface area (Å²) in [7, 11) is 2.06. The minimum Gasteiger partial charge on any atom is -0.399 e. The van der Waals surface area contributed by atoms with Crippen LogP contribution in [0.4, 0.5) is 11.4 Å². The number of primary amides is 1. The van der Waals surface area contributed by atoms with Gasteiger partial charge in [-0.2, -0.15) is 0 Å². The van der Waals surface area contributed by atoms with E-state index >= 15 is 0 Å². The van der Waals surface area contributed by atoms with E-state index in [1.54, 1.807) is 6.07 Å². The number of rotatable bonds is 7. The maximum atomic E-state index is 11.4. The first-order valence-electron chi connectivity index (χ1n) is 6.69. The number of carbonyl (C=O) groups excluding carboxylic acids is 1. The van der Waals surface area contributed by atoms with Crippen LogP contribution in [-0.2, 0) is 0 Å². The average molecular weight is 299 g/mol. The standard InChI is InChI=1S/C14H23ClN4O/c1-4-9(2)19(3)6-5-18-13-11(14(17)20)7-10(16)8-12(13)15/h7-9,18H,4-6,16H2,1-3H3,(H2,17,20). The molecule has 0 aliphatic carbocycles. The van der Waals surface area contributed by atoms with Crippen LogP contribution in [0.25, 0.3) is 0 Å². The van der Waals surface area contributed by atoms with Gasteiger partial charge in [0.2, 0.25) is 0 Å². The Labute approximate surface area is 125 Å². The van der Waals surface area contributed by atoms with E-state index in [0.717, 1.165) is 13.0 Å². The number of anilines is 2. The van der Waals surface area contributed by atoms with Crippen LogP contribution in [0.1, 0.15) is 30.6 Å². The van der Waals surface area contributed by atoms with E-state index in [2.05, 4.69) is 31.1 Å². The summed E-state index contributed by atoms with van der Waals surface area (Å²) in [5, 5.41) is 3.58. The van der Waals surface area contributed by atoms with Gasteiger partial charge >= 0.3 is 0 Å². The highest BCUT2D eigenvalue weighted by molar-refractivity contribution is 6.34. The highest BCUT2D eigenvalue weighted by Crippen LogP contribution is 2.28. The van der Waals surface area contributed by atoms with Gasteiger partial charge in [0.25, 0.3) is 5.91 Å². The van der Waals surface area contributed by atoms with Crippen molar-refractivity contribution < 1.29 is 4.79 Å². The molecule has 1 aromatic carbocycles. The molecule has 0 saturated carbocycles. The number of benzene rings is 1. The molecule has 0 aromatic heterocycles. The fourth-order valence-electron chi connectivity index (χ4n) is 1.89. The molecular formula is C14H23ClN4O. The van der Waals surface area contributed by atoms with Crippen molar-refractivity contribution in [2.45, 2.75) is 26.3 Å². The Hall–Kier alpha value is -1.46. The Morgan fingerprint density at radius 1 is 1.50 bits per heavy atom. The minimum atomic E-state index is -0.544. The zero-order valence-electron chi connectivity index (χ0n) is 12.2. The Morgan fingerprint density at radius 2 is 2.15 bits per heavy atom. The number of halogens is 1. The van der Waals surface area contributed by atoms with Crippen molar-refractivity contribution in [3.8, 4) is 0 Å². The summed E-state index contributed by atoms with van der Waals surface area (Å²) in [6, 6.07) is 3.65. The van der Waals surface area contributed by atoms with Gasteiger partial charge in [0, 0.05) is 24.8 Å². The summed E-state index contributed by atoms with van der Waals surface area (Å²) in [6.07, 6.45) is 1.09. The molecule has 1 amide bonds. The predicted octanol–water partition coefficient (Wildman–Crippen LogP) is 2.16. The molecular weight excluding hydrogens is 276 g/mol. The zero-order chi connectivity index (χ0) is 15.3. The molecule has 5 nitrogen and oxygen atoms in total. The summed E-state index contributed by atoms with van der Waals surface area (Å²) >= 11 is 6.12. The third-order valence-corrected chi connectivity index (χ3v) is 3.79. The molecule has 0 aliphatic rings. The summed E-state index contributed by atoms with van der Waals surface area (Å²) in [6.45, 7) is 5.83. The van der Waals surface area contributed by atoms with Crippen LogP contribution >= 0.6 is 11.6 Å². The van der Waals surface area contributed by atoms with Crippen molar-refractivity contribution in [1.82, 2.24) is 4.90 Å². The van der Waals surface area contributed by atoms with Gasteiger partial charge in [0.05, 0.1) is 16.3 Å². The lowest BCUT2D eigenvalue weighted by Gasteiger charge is -2.24. The Kier molecular flexibility index (Phi) is 6.10. The molecule has 1 atom stereocenters. The third-order valence-electron chi connectivity index (χ3n) is 3.49. The van der Waals surface area contributed by atoms with E-state index in [4.69, 9.17) is 23.1 Å². The summed E-state index contributed by atoms with van der Waals surface area (Å²) in [5.74, 6) is -0.544. The third kappa shape index (κ3) is 4.28. The predicted molar refractivity (Wildman–Crippen MR) is 85.3 cm³/mol. The SMILES string of the molecule is CCC(C)N(C)CCNc1c(Cl)cc(N)cc1C(N)=O. The van der Waals surface area contributed by atoms with Crippen LogP contribution in [0.15, 0.2) is 12.1 Å². The number of likely N-dealkylation sites (N-methyl/N-ethyl adjacent to an activating group) is 1. The molecule has 112 valence electrons. The van der Waals surface area contributed by atoms with Gasteiger partial charge in [0.1, 0.15) is 0 Å². The number of nitrogens with two attached hydrogens (primary N) is 2. The van der Waals surface area contributed by atoms with Crippen LogP contribution in [0.2, 0.25) is 5.02 Å². The number of hydrogen-bond acceptors (Lipinski definition) is 4. The van der Waals surface area contributed by atoms with E-state index < -0.39 is 5.91 Å². The van der Waals surface area contributed by atoms with Crippen molar-refractivity contribution in [2.24, 2.45) is 5.73 Å². The molecule has 0 heterocycles. The van der Waals surface area contributed by atoms with E-state index in [0.29, 0.717) is 34.5 Å². The summed E-state index contributed by atoms with van der Waals surface area (Å²) in [4.78, 5) is 13.7. The molecule has 0 aliphatic heterocycles. The molecule has 1 aromatic rings. The highest BCUT2D eigenvalue weighted by atomic mass is 35.5. The van der Waals surface area contributed by atoms with Gasteiger partial charge in [0.15, 0.2) is 0 Å². The van der Waals surface area contributed by atoms with Crippen molar-refractivity contribution in [3.63, 3.8) is 0 Å². The van der Waals surface area contributed by atoms with Gasteiger partial charge in [-0.3, -0.25) is 4.79 Å². The van der Waals surface area contributed by atoms with Crippen LogP contribution in [-0.4, -0.2) is 37.0 Å². The molecule has 5 N–H and O–H groups in total. The Morgan fingerprint density at radius 3 is 2.70 bits per heavy atom. The maximum absolute atomic E-state index is 11.4. The largest absolute Gasteiger partial charge is 0.399 e. The Balaban J connectivity index is 2.75. The fourth-order valence-corrected chi connectivity index (χ4v) is 2.19. The van der Waals surface area contributed by atoms with Crippen molar-refractivity contribution in [1.29, 1.82) is 0 Å². The monoisotopic (exact) mass is 298 g/mol. The second-order valence-electron chi connectivity index (χ2n) is 4.95. The number of amides is 1. The van der Waals surface area contributed by atoms with Crippen LogP contribution < -0.4 is 16.8 Å². The van der Waals surface area contributed by atoms with Crippen molar-refractivity contribution in [2.75, 3.05) is 31.2 Å². The van der Waals surface area contributed by atoms with E-state index in [1.807, 2.05) is 0 Å². The normalized spacial score (nSPS) is 12.4. The smallest absolute Gasteiger partial charge is 0.250 e. The fraction of sp³-hybridized carbons (Fsp3) is 0.500. The lowest BCUT2D eigenvalue weighted by atomic mass is 10.1. The molecule has 6 heteroatoms. The van der Waals surface area contributed by atoms with Gasteiger partial charge < -0.3 is 21.7 Å². The van der Waals surface area contributed by atoms with Crippen LogP contribution in [0.5, 0.6) is 0 Å². The maximum Gasteiger partial charge on any atom is 0.250 e. The van der Waals surface area contributed by atoms with E-state index in [1.165, 1.54) is 6.07 Å². The number of nitrogens with one attached hydrogen (secondary N) is 1. The van der Waals surface area contributed by atoms with E-state index in [-0.39, 0.29) is 0 Å². The van der Waals surface area contributed by atoms with Crippen LogP contribution in [0.3, 0.4) is 0 Å². The lowest BCUT2D eigenvalue weighted by Crippen LogP contribution is -2.33. The Bertz CT molecular complexity index is 478. The molecule has 20 heavy (non-hydrogen) atoms. The zero-order valence-corrected chi connectivity index (χ0v) is 13.0. The summed E-state index contributed by atoms with van der Waals surface area (Å²) < 4.78 is 0. The van der Waals surface area contributed by atoms with Crippen molar-refractivity contribution >= 4 is 28.9 Å². The number of carbonyl (C=O) groups is 1. The number of hydrogen-bond donors (Lipinski definition) is 3. The minimum absolute atomic E-state index is 0.321. The summed E-state index contributed by atoms with van der Waals surface area (Å²) in [5.41, 5.74) is 12.3. The number of nitrogens with zero attached hydrogens (tertiary/aromatic N) is 1. The molecule has 0 fully saturated rings. The molecule has 1 rings (SSSR count). The second kappa shape index (κ2) is 7.36. The first-order valence-corrected chi connectivity index (χ1v) is 7.07. The lowest BCUT2D eigenvalue weighted by molar-refractivity contribution is 0.100. The first-order chi connectivity index (χ1) is 9.36. The topological polar surface area (TPSA) is 84.4 Å². The van der Waals surface area contributed by atoms with Crippen LogP contribution in [0, 0.1) is 0 Å². The molecule has 0 saturated heterocycles. The first kappa shape index (κ1) is 16.6. The molecule has 1 unspecified atom stereocenters. The molecule has 0 spiro atoms.